The number of hydrogen-bond acceptors (Lipinski definition) is 4. The van der Waals surface area contributed by atoms with Gasteiger partial charge in [0.2, 0.25) is 5.91 Å². The van der Waals surface area contributed by atoms with Crippen molar-refractivity contribution >= 4 is 33.3 Å². The molecule has 0 radical (unpaired) electrons. The highest BCUT2D eigenvalue weighted by atomic mass is 79.9. The molecule has 0 saturated carbocycles. The zero-order valence-corrected chi connectivity index (χ0v) is 15.6. The first-order valence-electron chi connectivity index (χ1n) is 7.95. The third kappa shape index (κ3) is 3.85. The summed E-state index contributed by atoms with van der Waals surface area (Å²) in [7, 11) is 0. The van der Waals surface area contributed by atoms with Crippen LogP contribution in [0.4, 0.5) is 5.69 Å². The van der Waals surface area contributed by atoms with Crippen LogP contribution in [0.25, 0.3) is 0 Å². The Bertz CT molecular complexity index is 815. The molecule has 2 aromatic rings. The maximum atomic E-state index is 13.0. The summed E-state index contributed by atoms with van der Waals surface area (Å²) in [5, 5.41) is 2.78. The molecule has 5 nitrogen and oxygen atoms in total. The molecule has 1 heterocycles. The first-order chi connectivity index (χ1) is 12.0. The number of hydrogen-bond donors (Lipinski definition) is 1. The minimum absolute atomic E-state index is 0.186. The minimum atomic E-state index is -0.386. The van der Waals surface area contributed by atoms with E-state index in [9.17, 15) is 9.59 Å². The van der Waals surface area contributed by atoms with Gasteiger partial charge in [0.05, 0.1) is 16.1 Å². The molecule has 6 heteroatoms. The van der Waals surface area contributed by atoms with Crippen molar-refractivity contribution in [2.24, 2.45) is 0 Å². The fourth-order valence-corrected chi connectivity index (χ4v) is 2.59. The van der Waals surface area contributed by atoms with Gasteiger partial charge in [0.15, 0.2) is 17.3 Å². The predicted octanol–water partition coefficient (Wildman–Crippen LogP) is 3.72. The molecule has 2 aromatic carbocycles. The molecule has 1 atom stereocenters. The van der Waals surface area contributed by atoms with Gasteiger partial charge in [0, 0.05) is 11.6 Å². The lowest BCUT2D eigenvalue weighted by Crippen LogP contribution is -2.23. The largest absolute Gasteiger partial charge is 0.486 e. The number of alkyl halides is 1. The van der Waals surface area contributed by atoms with Gasteiger partial charge in [-0.15, -0.1) is 0 Å². The van der Waals surface area contributed by atoms with Crippen LogP contribution in [0.15, 0.2) is 36.4 Å². The standard InChI is InChI=1S/C19H18BrNO4/c1-11-3-5-13(6-4-11)18(22)14-9-16-17(25-8-7-24-16)10-15(14)21-19(23)12(2)20/h3-6,9-10,12H,7-8H2,1-2H3,(H,21,23). The van der Waals surface area contributed by atoms with Crippen LogP contribution < -0.4 is 14.8 Å². The van der Waals surface area contributed by atoms with E-state index in [0.717, 1.165) is 5.56 Å². The summed E-state index contributed by atoms with van der Waals surface area (Å²) in [5.74, 6) is 0.597. The van der Waals surface area contributed by atoms with E-state index in [1.165, 1.54) is 0 Å². The molecule has 0 bridgehead atoms. The number of ether oxygens (including phenoxy) is 2. The lowest BCUT2D eigenvalue weighted by atomic mass is 9.99. The Labute approximate surface area is 154 Å². The summed E-state index contributed by atoms with van der Waals surface area (Å²) < 4.78 is 11.1. The second-order valence-corrected chi connectivity index (χ2v) is 7.22. The molecule has 0 aromatic heterocycles. The number of rotatable bonds is 4. The Hall–Kier alpha value is -2.34. The van der Waals surface area contributed by atoms with Crippen molar-refractivity contribution in [3.63, 3.8) is 0 Å². The van der Waals surface area contributed by atoms with Gasteiger partial charge >= 0.3 is 0 Å². The van der Waals surface area contributed by atoms with Gasteiger partial charge in [-0.3, -0.25) is 9.59 Å². The second kappa shape index (κ2) is 7.27. The summed E-state index contributed by atoms with van der Waals surface area (Å²) in [4.78, 5) is 24.7. The van der Waals surface area contributed by atoms with Gasteiger partial charge in [-0.2, -0.15) is 0 Å². The number of ketones is 1. The van der Waals surface area contributed by atoms with Gasteiger partial charge in [0.1, 0.15) is 13.2 Å². The van der Waals surface area contributed by atoms with E-state index in [2.05, 4.69) is 21.2 Å². The Morgan fingerprint density at radius 3 is 2.28 bits per heavy atom. The third-order valence-corrected chi connectivity index (χ3v) is 4.28. The SMILES string of the molecule is Cc1ccc(C(=O)c2cc3c(cc2NC(=O)C(C)Br)OCCO3)cc1. The maximum Gasteiger partial charge on any atom is 0.237 e. The maximum absolute atomic E-state index is 13.0. The molecule has 0 saturated heterocycles. The molecule has 1 aliphatic heterocycles. The average Bonchev–Trinajstić information content (AvgIpc) is 2.61. The number of benzene rings is 2. The minimum Gasteiger partial charge on any atom is -0.486 e. The van der Waals surface area contributed by atoms with Crippen LogP contribution in [0.2, 0.25) is 0 Å². The lowest BCUT2D eigenvalue weighted by Gasteiger charge is -2.21. The van der Waals surface area contributed by atoms with Crippen molar-refractivity contribution in [3.05, 3.63) is 53.1 Å². The van der Waals surface area contributed by atoms with Gasteiger partial charge in [-0.25, -0.2) is 0 Å². The van der Waals surface area contributed by atoms with Crippen LogP contribution in [-0.2, 0) is 4.79 Å². The Kier molecular flexibility index (Phi) is 5.08. The number of halogens is 1. The number of aryl methyl sites for hydroxylation is 1. The number of carbonyl (C=O) groups is 2. The summed E-state index contributed by atoms with van der Waals surface area (Å²) >= 11 is 3.23. The van der Waals surface area contributed by atoms with Gasteiger partial charge in [-0.05, 0) is 19.9 Å². The molecule has 1 amide bonds. The number of anilines is 1. The van der Waals surface area contributed by atoms with Crippen LogP contribution in [0.1, 0.15) is 28.4 Å². The smallest absolute Gasteiger partial charge is 0.237 e. The summed E-state index contributed by atoms with van der Waals surface area (Å²) in [6, 6.07) is 10.6. The van der Waals surface area contributed by atoms with Crippen LogP contribution in [-0.4, -0.2) is 29.7 Å². The summed E-state index contributed by atoms with van der Waals surface area (Å²) in [6.45, 7) is 4.53. The fourth-order valence-electron chi connectivity index (χ4n) is 2.47. The van der Waals surface area contributed by atoms with Crippen molar-refractivity contribution in [2.45, 2.75) is 18.7 Å². The molecule has 1 unspecified atom stereocenters. The van der Waals surface area contributed by atoms with Gasteiger partial charge < -0.3 is 14.8 Å². The van der Waals surface area contributed by atoms with Crippen molar-refractivity contribution in [1.82, 2.24) is 0 Å². The van der Waals surface area contributed by atoms with E-state index in [1.807, 2.05) is 19.1 Å². The number of nitrogens with one attached hydrogen (secondary N) is 1. The summed E-state index contributed by atoms with van der Waals surface area (Å²) in [5.41, 5.74) is 2.39. The zero-order valence-electron chi connectivity index (χ0n) is 14.0. The first kappa shape index (κ1) is 17.5. The molecule has 3 rings (SSSR count). The van der Waals surface area contributed by atoms with Crippen molar-refractivity contribution < 1.29 is 19.1 Å². The highest BCUT2D eigenvalue weighted by molar-refractivity contribution is 9.10. The van der Waals surface area contributed by atoms with E-state index in [-0.39, 0.29) is 16.5 Å². The number of carbonyl (C=O) groups excluding carboxylic acids is 2. The van der Waals surface area contributed by atoms with Crippen molar-refractivity contribution in [1.29, 1.82) is 0 Å². The molecule has 0 aliphatic carbocycles. The molecule has 1 aliphatic rings. The number of amides is 1. The van der Waals surface area contributed by atoms with E-state index in [4.69, 9.17) is 9.47 Å². The average molecular weight is 404 g/mol. The Balaban J connectivity index is 2.04. The van der Waals surface area contributed by atoms with Crippen LogP contribution >= 0.6 is 15.9 Å². The van der Waals surface area contributed by atoms with E-state index in [1.54, 1.807) is 31.2 Å². The third-order valence-electron chi connectivity index (χ3n) is 3.86. The van der Waals surface area contributed by atoms with Gasteiger partial charge in [0.25, 0.3) is 0 Å². The normalized spacial score (nSPS) is 13.9. The molecular weight excluding hydrogens is 386 g/mol. The fraction of sp³-hybridized carbons (Fsp3) is 0.263. The zero-order chi connectivity index (χ0) is 18.0. The van der Waals surface area contributed by atoms with Crippen LogP contribution in [0.3, 0.4) is 0 Å². The van der Waals surface area contributed by atoms with Crippen LogP contribution in [0, 0.1) is 6.92 Å². The van der Waals surface area contributed by atoms with E-state index >= 15 is 0 Å². The molecular formula is C19H18BrNO4. The quantitative estimate of drug-likeness (QED) is 0.623. The highest BCUT2D eigenvalue weighted by Gasteiger charge is 2.22. The molecule has 0 fully saturated rings. The van der Waals surface area contributed by atoms with E-state index < -0.39 is 0 Å². The first-order valence-corrected chi connectivity index (χ1v) is 8.87. The summed E-state index contributed by atoms with van der Waals surface area (Å²) in [6.07, 6.45) is 0. The molecule has 0 spiro atoms. The molecule has 1 N–H and O–H groups in total. The highest BCUT2D eigenvalue weighted by Crippen LogP contribution is 2.36. The molecule has 130 valence electrons. The molecule has 25 heavy (non-hydrogen) atoms. The van der Waals surface area contributed by atoms with Crippen LogP contribution in [0.5, 0.6) is 11.5 Å². The lowest BCUT2D eigenvalue weighted by molar-refractivity contribution is -0.115. The Morgan fingerprint density at radius 1 is 1.08 bits per heavy atom. The monoisotopic (exact) mass is 403 g/mol. The predicted molar refractivity (Wildman–Crippen MR) is 99.1 cm³/mol. The van der Waals surface area contributed by atoms with Crippen molar-refractivity contribution in [3.8, 4) is 11.5 Å². The van der Waals surface area contributed by atoms with E-state index in [0.29, 0.717) is 41.5 Å². The van der Waals surface area contributed by atoms with Crippen molar-refractivity contribution in [2.75, 3.05) is 18.5 Å². The number of fused-ring (bicyclic) bond motifs is 1. The van der Waals surface area contributed by atoms with Gasteiger partial charge in [-0.1, -0.05) is 45.8 Å². The second-order valence-electron chi connectivity index (χ2n) is 5.84. The topological polar surface area (TPSA) is 64.6 Å². The Morgan fingerprint density at radius 2 is 1.68 bits per heavy atom.